The zero-order chi connectivity index (χ0) is 24.5. The van der Waals surface area contributed by atoms with E-state index in [4.69, 9.17) is 26.2 Å². The minimum absolute atomic E-state index is 0.0387. The minimum Gasteiger partial charge on any atom is -0.437 e. The number of aliphatic imine (C=N–C) groups is 1. The predicted octanol–water partition coefficient (Wildman–Crippen LogP) is 5.76. The highest BCUT2D eigenvalue weighted by Crippen LogP contribution is 2.34. The zero-order valence-corrected chi connectivity index (χ0v) is 19.5. The third kappa shape index (κ3) is 5.31. The summed E-state index contributed by atoms with van der Waals surface area (Å²) in [5.41, 5.74) is 6.28. The van der Waals surface area contributed by atoms with Crippen LogP contribution in [0.1, 0.15) is 33.4 Å². The molecule has 1 unspecified atom stereocenters. The third-order valence-electron chi connectivity index (χ3n) is 5.45. The van der Waals surface area contributed by atoms with Crippen molar-refractivity contribution in [3.05, 3.63) is 81.0 Å². The summed E-state index contributed by atoms with van der Waals surface area (Å²) in [7, 11) is 0. The molecular weight excluding hydrogens is 469 g/mol. The van der Waals surface area contributed by atoms with Crippen LogP contribution in [0, 0.1) is 20.8 Å². The molecule has 6 nitrogen and oxygen atoms in total. The average Bonchev–Trinajstić information content (AvgIpc) is 2.78. The molecule has 2 aromatic carbocycles. The van der Waals surface area contributed by atoms with Crippen LogP contribution in [-0.4, -0.2) is 28.7 Å². The van der Waals surface area contributed by atoms with Crippen LogP contribution in [-0.2, 0) is 17.4 Å². The van der Waals surface area contributed by atoms with Crippen molar-refractivity contribution in [1.29, 1.82) is 0 Å². The number of halogens is 4. The molecule has 2 heterocycles. The lowest BCUT2D eigenvalue weighted by Gasteiger charge is -2.24. The molecule has 1 N–H and O–H groups in total. The molecule has 10 heteroatoms. The Labute approximate surface area is 199 Å². The van der Waals surface area contributed by atoms with Crippen LogP contribution >= 0.6 is 11.6 Å². The number of hydrogen-bond acceptors (Lipinski definition) is 6. The first-order valence-corrected chi connectivity index (χ1v) is 10.9. The van der Waals surface area contributed by atoms with Crippen LogP contribution in [0.4, 0.5) is 13.2 Å². The topological polar surface area (TPSA) is 68.6 Å². The van der Waals surface area contributed by atoms with Gasteiger partial charge in [-0.1, -0.05) is 41.4 Å². The van der Waals surface area contributed by atoms with Gasteiger partial charge in [-0.25, -0.2) is 5.48 Å². The van der Waals surface area contributed by atoms with Gasteiger partial charge in [-0.15, -0.1) is 10.2 Å². The molecule has 0 fully saturated rings. The summed E-state index contributed by atoms with van der Waals surface area (Å²) in [6, 6.07) is 10.5. The van der Waals surface area contributed by atoms with E-state index in [-0.39, 0.29) is 22.8 Å². The van der Waals surface area contributed by atoms with E-state index < -0.39 is 11.7 Å². The van der Waals surface area contributed by atoms with Gasteiger partial charge < -0.3 is 4.74 Å². The normalized spacial score (nSPS) is 16.1. The number of nitrogens with one attached hydrogen (secondary N) is 1. The van der Waals surface area contributed by atoms with Crippen LogP contribution in [0.2, 0.25) is 5.15 Å². The number of aryl methyl sites for hydroxylation is 2. The van der Waals surface area contributed by atoms with Crippen molar-refractivity contribution in [2.24, 2.45) is 4.99 Å². The van der Waals surface area contributed by atoms with Crippen molar-refractivity contribution in [1.82, 2.24) is 15.7 Å². The predicted molar refractivity (Wildman–Crippen MR) is 122 cm³/mol. The molecule has 0 bridgehead atoms. The number of amidine groups is 1. The summed E-state index contributed by atoms with van der Waals surface area (Å²) in [5.74, 6) is 0.233. The Bertz CT molecular complexity index is 1250. The molecule has 4 rings (SSSR count). The number of nitrogens with zero attached hydrogens (tertiary/aromatic N) is 3. The molecule has 34 heavy (non-hydrogen) atoms. The fraction of sp³-hybridized carbons (Fsp3) is 0.292. The molecule has 1 aliphatic heterocycles. The lowest BCUT2D eigenvalue weighted by atomic mass is 9.99. The largest absolute Gasteiger partial charge is 0.437 e. The van der Waals surface area contributed by atoms with Crippen molar-refractivity contribution in [2.75, 3.05) is 6.61 Å². The first kappa shape index (κ1) is 24.0. The maximum absolute atomic E-state index is 13.1. The van der Waals surface area contributed by atoms with Crippen LogP contribution in [0.3, 0.4) is 0 Å². The standard InChI is InChI=1S/C24H22ClF3N4O2/c1-13-7-8-16(14(2)9-13)10-18-12-33-32-22(29-18)20-15(3)21(25)30-31-23(20)34-19-6-4-5-17(11-19)24(26,27)28/h4-9,11,18H,10,12H2,1-3H3,(H,29,32). The summed E-state index contributed by atoms with van der Waals surface area (Å²) < 4.78 is 45.1. The van der Waals surface area contributed by atoms with Gasteiger partial charge >= 0.3 is 6.18 Å². The van der Waals surface area contributed by atoms with Gasteiger partial charge in [-0.05, 0) is 56.5 Å². The van der Waals surface area contributed by atoms with E-state index in [1.165, 1.54) is 17.7 Å². The molecule has 0 saturated carbocycles. The van der Waals surface area contributed by atoms with E-state index in [0.717, 1.165) is 23.3 Å². The van der Waals surface area contributed by atoms with Crippen molar-refractivity contribution >= 4 is 17.4 Å². The Morgan fingerprint density at radius 3 is 2.65 bits per heavy atom. The van der Waals surface area contributed by atoms with E-state index in [9.17, 15) is 13.2 Å². The van der Waals surface area contributed by atoms with E-state index in [1.807, 2.05) is 19.9 Å². The molecule has 3 aromatic rings. The number of aromatic nitrogens is 2. The van der Waals surface area contributed by atoms with Crippen molar-refractivity contribution in [3.8, 4) is 11.6 Å². The highest BCUT2D eigenvalue weighted by Gasteiger charge is 2.31. The number of ether oxygens (including phenoxy) is 1. The first-order valence-electron chi connectivity index (χ1n) is 10.5. The Morgan fingerprint density at radius 1 is 1.12 bits per heavy atom. The van der Waals surface area contributed by atoms with E-state index in [1.54, 1.807) is 6.92 Å². The zero-order valence-electron chi connectivity index (χ0n) is 18.7. The van der Waals surface area contributed by atoms with Gasteiger partial charge in [0.2, 0.25) is 5.88 Å². The van der Waals surface area contributed by atoms with Crippen LogP contribution in [0.25, 0.3) is 0 Å². The second kappa shape index (κ2) is 9.60. The maximum Gasteiger partial charge on any atom is 0.416 e. The van der Waals surface area contributed by atoms with E-state index >= 15 is 0 Å². The highest BCUT2D eigenvalue weighted by molar-refractivity contribution is 6.30. The smallest absolute Gasteiger partial charge is 0.416 e. The highest BCUT2D eigenvalue weighted by atomic mass is 35.5. The lowest BCUT2D eigenvalue weighted by molar-refractivity contribution is -0.137. The third-order valence-corrected chi connectivity index (χ3v) is 5.81. The molecule has 0 saturated heterocycles. The number of benzene rings is 2. The minimum atomic E-state index is -4.51. The van der Waals surface area contributed by atoms with Crippen molar-refractivity contribution in [3.63, 3.8) is 0 Å². The fourth-order valence-electron chi connectivity index (χ4n) is 3.68. The second-order valence-corrected chi connectivity index (χ2v) is 8.46. The quantitative estimate of drug-likeness (QED) is 0.492. The number of hydrogen-bond donors (Lipinski definition) is 1. The molecule has 1 atom stereocenters. The Hall–Kier alpha value is -3.17. The number of hydroxylamine groups is 1. The van der Waals surface area contributed by atoms with Gasteiger partial charge in [0.25, 0.3) is 0 Å². The summed E-state index contributed by atoms with van der Waals surface area (Å²) in [6.07, 6.45) is -3.86. The molecule has 0 amide bonds. The molecule has 0 radical (unpaired) electrons. The summed E-state index contributed by atoms with van der Waals surface area (Å²) in [6.45, 7) is 6.12. The molecule has 0 aliphatic carbocycles. The Balaban J connectivity index is 1.67. The van der Waals surface area contributed by atoms with E-state index in [0.29, 0.717) is 30.0 Å². The summed E-state index contributed by atoms with van der Waals surface area (Å²) >= 11 is 6.19. The Morgan fingerprint density at radius 2 is 1.91 bits per heavy atom. The molecule has 1 aliphatic rings. The molecule has 178 valence electrons. The maximum atomic E-state index is 13.1. The average molecular weight is 491 g/mol. The lowest BCUT2D eigenvalue weighted by Crippen LogP contribution is -2.37. The van der Waals surface area contributed by atoms with Crippen LogP contribution < -0.4 is 10.2 Å². The van der Waals surface area contributed by atoms with Crippen LogP contribution in [0.5, 0.6) is 11.6 Å². The molecular formula is C24H22ClF3N4O2. The van der Waals surface area contributed by atoms with Gasteiger partial charge in [-0.2, -0.15) is 13.2 Å². The van der Waals surface area contributed by atoms with Gasteiger partial charge in [0.1, 0.15) is 5.75 Å². The summed E-state index contributed by atoms with van der Waals surface area (Å²) in [5, 5.41) is 7.94. The Kier molecular flexibility index (Phi) is 6.77. The van der Waals surface area contributed by atoms with Crippen LogP contribution in [0.15, 0.2) is 47.5 Å². The first-order chi connectivity index (χ1) is 16.1. The van der Waals surface area contributed by atoms with Gasteiger partial charge in [0.05, 0.1) is 23.8 Å². The van der Waals surface area contributed by atoms with Crippen molar-refractivity contribution < 1.29 is 22.7 Å². The summed E-state index contributed by atoms with van der Waals surface area (Å²) in [4.78, 5) is 10.3. The van der Waals surface area contributed by atoms with Gasteiger partial charge in [0, 0.05) is 5.56 Å². The SMILES string of the molecule is Cc1ccc(CC2CONC(c3c(Oc4cccc(C(F)(F)F)c4)nnc(Cl)c3C)=N2)c(C)c1. The van der Waals surface area contributed by atoms with Crippen molar-refractivity contribution in [2.45, 2.75) is 39.4 Å². The van der Waals surface area contributed by atoms with Gasteiger partial charge in [-0.3, -0.25) is 9.83 Å². The number of alkyl halides is 3. The number of rotatable bonds is 5. The van der Waals surface area contributed by atoms with E-state index in [2.05, 4.69) is 27.8 Å². The second-order valence-electron chi connectivity index (χ2n) is 8.10. The fourth-order valence-corrected chi connectivity index (χ4v) is 3.81. The monoisotopic (exact) mass is 490 g/mol. The molecule has 1 aromatic heterocycles. The molecule has 0 spiro atoms. The van der Waals surface area contributed by atoms with Gasteiger partial charge in [0.15, 0.2) is 11.0 Å².